The Balaban J connectivity index is 2.90. The molecule has 0 saturated heterocycles. The fraction of sp³-hybridized carbons (Fsp3) is 0.222. The Hall–Kier alpha value is -1.62. The van der Waals surface area contributed by atoms with E-state index < -0.39 is 17.8 Å². The van der Waals surface area contributed by atoms with E-state index in [1.807, 2.05) is 0 Å². The summed E-state index contributed by atoms with van der Waals surface area (Å²) in [6.45, 7) is 0. The number of rotatable bonds is 3. The zero-order valence-electron chi connectivity index (χ0n) is 7.40. The van der Waals surface area contributed by atoms with Gasteiger partial charge in [0.1, 0.15) is 11.6 Å². The van der Waals surface area contributed by atoms with Crippen LogP contribution in [0, 0.1) is 5.82 Å². The van der Waals surface area contributed by atoms with Crippen molar-refractivity contribution in [1.82, 2.24) is 0 Å². The molecule has 0 radical (unpaired) electrons. The highest BCUT2D eigenvalue weighted by Gasteiger charge is 2.13. The number of benzene rings is 1. The molecule has 1 amide bonds. The summed E-state index contributed by atoms with van der Waals surface area (Å²) >= 11 is 0. The van der Waals surface area contributed by atoms with E-state index >= 15 is 0 Å². The Kier molecular flexibility index (Phi) is 3.03. The van der Waals surface area contributed by atoms with Crippen molar-refractivity contribution in [1.29, 1.82) is 0 Å². The summed E-state index contributed by atoms with van der Waals surface area (Å²) in [6, 6.07) is 2.73. The number of hydrogen-bond acceptors (Lipinski definition) is 3. The molecule has 1 unspecified atom stereocenters. The van der Waals surface area contributed by atoms with Crippen molar-refractivity contribution in [3.8, 4) is 5.75 Å². The van der Waals surface area contributed by atoms with E-state index in [1.54, 1.807) is 0 Å². The minimum atomic E-state index is -0.701. The van der Waals surface area contributed by atoms with E-state index in [0.29, 0.717) is 5.56 Å². The van der Waals surface area contributed by atoms with Gasteiger partial charge in [0.05, 0.1) is 0 Å². The zero-order chi connectivity index (χ0) is 10.7. The van der Waals surface area contributed by atoms with Crippen molar-refractivity contribution in [3.63, 3.8) is 0 Å². The summed E-state index contributed by atoms with van der Waals surface area (Å²) in [4.78, 5) is 10.5. The lowest BCUT2D eigenvalue weighted by atomic mass is 10.0. The number of phenols is 1. The molecule has 1 rings (SSSR count). The third-order valence-corrected chi connectivity index (χ3v) is 1.81. The van der Waals surface area contributed by atoms with Gasteiger partial charge in [-0.05, 0) is 6.07 Å². The van der Waals surface area contributed by atoms with Gasteiger partial charge in [-0.1, -0.05) is 6.07 Å². The third-order valence-electron chi connectivity index (χ3n) is 1.81. The summed E-state index contributed by atoms with van der Waals surface area (Å²) < 4.78 is 12.6. The molecular formula is C9H11FN2O2. The molecule has 14 heavy (non-hydrogen) atoms. The number of hydrogen-bond donors (Lipinski definition) is 3. The first-order valence-electron chi connectivity index (χ1n) is 4.03. The first-order valence-corrected chi connectivity index (χ1v) is 4.03. The molecular weight excluding hydrogens is 187 g/mol. The third kappa shape index (κ3) is 2.43. The number of primary amides is 1. The van der Waals surface area contributed by atoms with Crippen LogP contribution in [0.5, 0.6) is 5.75 Å². The van der Waals surface area contributed by atoms with Crippen LogP contribution in [0.2, 0.25) is 0 Å². The zero-order valence-corrected chi connectivity index (χ0v) is 7.40. The van der Waals surface area contributed by atoms with Crippen LogP contribution < -0.4 is 11.5 Å². The molecule has 0 aliphatic heterocycles. The van der Waals surface area contributed by atoms with Crippen LogP contribution in [0.3, 0.4) is 0 Å². The molecule has 0 fully saturated rings. The average molecular weight is 198 g/mol. The molecule has 1 atom stereocenters. The van der Waals surface area contributed by atoms with Crippen LogP contribution in [-0.2, 0) is 4.79 Å². The standard InChI is InChI=1S/C9H11FN2O2/c10-5-1-2-6(8(13)3-5)7(11)4-9(12)14/h1-3,7,13H,4,11H2,(H2,12,14). The lowest BCUT2D eigenvalue weighted by Gasteiger charge is -2.11. The highest BCUT2D eigenvalue weighted by atomic mass is 19.1. The SMILES string of the molecule is NC(=O)CC(N)c1ccc(F)cc1O. The molecule has 4 nitrogen and oxygen atoms in total. The molecule has 0 aliphatic carbocycles. The maximum absolute atomic E-state index is 12.6. The molecule has 1 aromatic rings. The van der Waals surface area contributed by atoms with Crippen LogP contribution >= 0.6 is 0 Å². The number of amides is 1. The molecule has 0 aliphatic rings. The minimum Gasteiger partial charge on any atom is -0.508 e. The molecule has 0 heterocycles. The average Bonchev–Trinajstić information content (AvgIpc) is 2.01. The molecule has 0 spiro atoms. The van der Waals surface area contributed by atoms with Gasteiger partial charge < -0.3 is 16.6 Å². The number of carbonyl (C=O) groups is 1. The van der Waals surface area contributed by atoms with Crippen molar-refractivity contribution >= 4 is 5.91 Å². The Morgan fingerprint density at radius 2 is 2.21 bits per heavy atom. The first-order chi connectivity index (χ1) is 6.50. The monoisotopic (exact) mass is 198 g/mol. The highest BCUT2D eigenvalue weighted by Crippen LogP contribution is 2.24. The quantitative estimate of drug-likeness (QED) is 0.657. The van der Waals surface area contributed by atoms with Gasteiger partial charge in [0.25, 0.3) is 0 Å². The minimum absolute atomic E-state index is 0.0841. The van der Waals surface area contributed by atoms with Crippen LogP contribution in [0.25, 0.3) is 0 Å². The number of halogens is 1. The summed E-state index contributed by atoms with van der Waals surface area (Å²) in [5, 5.41) is 9.30. The van der Waals surface area contributed by atoms with Crippen LogP contribution in [0.15, 0.2) is 18.2 Å². The van der Waals surface area contributed by atoms with Crippen molar-refractivity contribution in [2.45, 2.75) is 12.5 Å². The van der Waals surface area contributed by atoms with Gasteiger partial charge in [-0.25, -0.2) is 4.39 Å². The Bertz CT molecular complexity index is 355. The van der Waals surface area contributed by atoms with Crippen molar-refractivity contribution in [2.75, 3.05) is 0 Å². The second kappa shape index (κ2) is 4.06. The van der Waals surface area contributed by atoms with Gasteiger partial charge in [-0.3, -0.25) is 4.79 Å². The van der Waals surface area contributed by atoms with E-state index in [9.17, 15) is 14.3 Å². The fourth-order valence-electron chi connectivity index (χ4n) is 1.16. The van der Waals surface area contributed by atoms with Crippen molar-refractivity contribution < 1.29 is 14.3 Å². The van der Waals surface area contributed by atoms with E-state index in [4.69, 9.17) is 11.5 Å². The second-order valence-electron chi connectivity index (χ2n) is 2.98. The highest BCUT2D eigenvalue weighted by molar-refractivity contribution is 5.74. The normalized spacial score (nSPS) is 12.4. The van der Waals surface area contributed by atoms with E-state index in [1.165, 1.54) is 6.07 Å². The maximum atomic E-state index is 12.6. The van der Waals surface area contributed by atoms with Crippen molar-refractivity contribution in [3.05, 3.63) is 29.6 Å². The van der Waals surface area contributed by atoms with Crippen LogP contribution in [0.4, 0.5) is 4.39 Å². The Morgan fingerprint density at radius 3 is 2.71 bits per heavy atom. The largest absolute Gasteiger partial charge is 0.508 e. The van der Waals surface area contributed by atoms with E-state index in [0.717, 1.165) is 12.1 Å². The smallest absolute Gasteiger partial charge is 0.219 e. The molecule has 0 bridgehead atoms. The van der Waals surface area contributed by atoms with Gasteiger partial charge in [-0.2, -0.15) is 0 Å². The van der Waals surface area contributed by atoms with Crippen LogP contribution in [0.1, 0.15) is 18.0 Å². The first kappa shape index (κ1) is 10.5. The number of carbonyl (C=O) groups excluding carboxylic acids is 1. The molecule has 5 heteroatoms. The van der Waals surface area contributed by atoms with Crippen molar-refractivity contribution in [2.24, 2.45) is 11.5 Å². The number of phenolic OH excluding ortho intramolecular Hbond substituents is 1. The fourth-order valence-corrected chi connectivity index (χ4v) is 1.16. The van der Waals surface area contributed by atoms with Gasteiger partial charge >= 0.3 is 0 Å². The van der Waals surface area contributed by atoms with Gasteiger partial charge in [-0.15, -0.1) is 0 Å². The summed E-state index contributed by atoms with van der Waals surface area (Å²) in [5.41, 5.74) is 10.8. The van der Waals surface area contributed by atoms with Gasteiger partial charge in [0.2, 0.25) is 5.91 Å². The van der Waals surface area contributed by atoms with Crippen LogP contribution in [-0.4, -0.2) is 11.0 Å². The van der Waals surface area contributed by atoms with Gasteiger partial charge in [0.15, 0.2) is 0 Å². The topological polar surface area (TPSA) is 89.3 Å². The van der Waals surface area contributed by atoms with Gasteiger partial charge in [0, 0.05) is 24.1 Å². The van der Waals surface area contributed by atoms with E-state index in [2.05, 4.69) is 0 Å². The molecule has 1 aromatic carbocycles. The number of nitrogens with two attached hydrogens (primary N) is 2. The summed E-state index contributed by atoms with van der Waals surface area (Å²) in [6.07, 6.45) is -0.0841. The summed E-state index contributed by atoms with van der Waals surface area (Å²) in [5.74, 6) is -1.39. The molecule has 0 aromatic heterocycles. The number of aromatic hydroxyl groups is 1. The lowest BCUT2D eigenvalue weighted by molar-refractivity contribution is -0.118. The summed E-state index contributed by atoms with van der Waals surface area (Å²) in [7, 11) is 0. The van der Waals surface area contributed by atoms with E-state index in [-0.39, 0.29) is 12.2 Å². The molecule has 0 saturated carbocycles. The predicted octanol–water partition coefficient (Wildman–Crippen LogP) is 0.406. The maximum Gasteiger partial charge on any atom is 0.219 e. The molecule has 76 valence electrons. The lowest BCUT2D eigenvalue weighted by Crippen LogP contribution is -2.20. The Labute approximate surface area is 80.3 Å². The Morgan fingerprint density at radius 1 is 1.57 bits per heavy atom. The molecule has 5 N–H and O–H groups in total. The predicted molar refractivity (Wildman–Crippen MR) is 48.8 cm³/mol. The second-order valence-corrected chi connectivity index (χ2v) is 2.98.